The second kappa shape index (κ2) is 8.42. The van der Waals surface area contributed by atoms with Gasteiger partial charge in [-0.15, -0.1) is 11.3 Å². The van der Waals surface area contributed by atoms with Crippen molar-refractivity contribution in [3.63, 3.8) is 0 Å². The van der Waals surface area contributed by atoms with Crippen molar-refractivity contribution in [1.82, 2.24) is 24.6 Å². The molecular formula is C23H22F3N5OS. The van der Waals surface area contributed by atoms with E-state index in [9.17, 15) is 18.0 Å². The molecule has 1 N–H and O–H groups in total. The minimum Gasteiger partial charge on any atom is -0.309 e. The monoisotopic (exact) mass is 473 g/mol. The quantitative estimate of drug-likeness (QED) is 0.478. The number of hydrogen-bond donors (Lipinski definition) is 1. The lowest BCUT2D eigenvalue weighted by Crippen LogP contribution is -2.33. The molecular weight excluding hydrogens is 451 g/mol. The van der Waals surface area contributed by atoms with Gasteiger partial charge >= 0.3 is 6.18 Å². The second-order valence-corrected chi connectivity index (χ2v) is 9.49. The zero-order chi connectivity index (χ0) is 23.2. The predicted molar refractivity (Wildman–Crippen MR) is 120 cm³/mol. The van der Waals surface area contributed by atoms with Crippen LogP contribution in [0.3, 0.4) is 0 Å². The highest BCUT2D eigenvalue weighted by Crippen LogP contribution is 2.34. The van der Waals surface area contributed by atoms with Gasteiger partial charge in [0.2, 0.25) is 0 Å². The number of halogens is 3. The molecule has 6 nitrogen and oxygen atoms in total. The van der Waals surface area contributed by atoms with E-state index in [4.69, 9.17) is 0 Å². The Morgan fingerprint density at radius 1 is 1.27 bits per heavy atom. The minimum atomic E-state index is -4.42. The molecule has 172 valence electrons. The number of thiophene rings is 1. The van der Waals surface area contributed by atoms with Gasteiger partial charge in [-0.05, 0) is 42.5 Å². The second-order valence-electron chi connectivity index (χ2n) is 8.40. The molecule has 4 aromatic rings. The van der Waals surface area contributed by atoms with Gasteiger partial charge in [0, 0.05) is 36.3 Å². The lowest BCUT2D eigenvalue weighted by atomic mass is 9.93. The van der Waals surface area contributed by atoms with Gasteiger partial charge < -0.3 is 5.32 Å². The first-order chi connectivity index (χ1) is 15.8. The molecule has 0 amide bonds. The molecule has 0 unspecified atom stereocenters. The van der Waals surface area contributed by atoms with Crippen LogP contribution in [0.2, 0.25) is 0 Å². The number of rotatable bonds is 5. The van der Waals surface area contributed by atoms with Gasteiger partial charge in [0.25, 0.3) is 5.56 Å². The van der Waals surface area contributed by atoms with Gasteiger partial charge in [0.05, 0.1) is 30.0 Å². The van der Waals surface area contributed by atoms with E-state index in [0.717, 1.165) is 53.9 Å². The molecule has 1 aliphatic carbocycles. The van der Waals surface area contributed by atoms with Gasteiger partial charge in [0.1, 0.15) is 4.83 Å². The Bertz CT molecular complexity index is 1370. The highest BCUT2D eigenvalue weighted by molar-refractivity contribution is 7.18. The average molecular weight is 474 g/mol. The summed E-state index contributed by atoms with van der Waals surface area (Å²) in [6.07, 6.45) is 3.34. The number of hydrogen-bond acceptors (Lipinski definition) is 5. The molecule has 0 aliphatic heterocycles. The van der Waals surface area contributed by atoms with E-state index < -0.39 is 11.7 Å². The van der Waals surface area contributed by atoms with Crippen molar-refractivity contribution in [2.75, 3.05) is 0 Å². The fourth-order valence-corrected chi connectivity index (χ4v) is 5.61. The topological polar surface area (TPSA) is 64.7 Å². The van der Waals surface area contributed by atoms with E-state index in [1.54, 1.807) is 10.7 Å². The Morgan fingerprint density at radius 3 is 2.88 bits per heavy atom. The predicted octanol–water partition coefficient (Wildman–Crippen LogP) is 3.91. The number of fused-ring (bicyclic) bond motifs is 3. The normalized spacial score (nSPS) is 16.3. The summed E-state index contributed by atoms with van der Waals surface area (Å²) in [4.78, 5) is 19.5. The number of benzene rings is 1. The van der Waals surface area contributed by atoms with E-state index in [2.05, 4.69) is 15.4 Å². The number of nitrogens with one attached hydrogen (secondary N) is 1. The van der Waals surface area contributed by atoms with Crippen LogP contribution in [0.1, 0.15) is 33.6 Å². The summed E-state index contributed by atoms with van der Waals surface area (Å²) < 4.78 is 42.3. The Balaban J connectivity index is 1.37. The molecule has 3 heterocycles. The zero-order valence-electron chi connectivity index (χ0n) is 17.9. The van der Waals surface area contributed by atoms with Crippen LogP contribution in [-0.4, -0.2) is 25.4 Å². The standard InChI is InChI=1S/C23H22F3N5OS/c1-30-11-15(10-29-30)9-27-17-5-6-18-19(8-17)33-21-20(18)22(32)31(13-28-21)12-14-3-2-4-16(7-14)23(24,25)26/h2-4,7,10-11,13,17,27H,5-6,8-9,12H2,1H3/t17-/m1/s1. The maximum absolute atomic E-state index is 13.2. The molecule has 33 heavy (non-hydrogen) atoms. The highest BCUT2D eigenvalue weighted by atomic mass is 32.1. The fourth-order valence-electron chi connectivity index (χ4n) is 4.36. The van der Waals surface area contributed by atoms with Crippen molar-refractivity contribution >= 4 is 21.6 Å². The molecule has 0 saturated carbocycles. The molecule has 0 saturated heterocycles. The zero-order valence-corrected chi connectivity index (χ0v) is 18.7. The van der Waals surface area contributed by atoms with Gasteiger partial charge in [0.15, 0.2) is 0 Å². The van der Waals surface area contributed by atoms with E-state index >= 15 is 0 Å². The molecule has 0 fully saturated rings. The van der Waals surface area contributed by atoms with Gasteiger partial charge in [-0.2, -0.15) is 18.3 Å². The summed E-state index contributed by atoms with van der Waals surface area (Å²) in [6.45, 7) is 0.784. The van der Waals surface area contributed by atoms with Crippen LogP contribution in [-0.2, 0) is 39.2 Å². The maximum atomic E-state index is 13.2. The number of aryl methyl sites for hydroxylation is 2. The van der Waals surface area contributed by atoms with Crippen LogP contribution in [0.25, 0.3) is 10.2 Å². The van der Waals surface area contributed by atoms with Crippen molar-refractivity contribution in [1.29, 1.82) is 0 Å². The van der Waals surface area contributed by atoms with Crippen LogP contribution in [0.5, 0.6) is 0 Å². The molecule has 10 heteroatoms. The third kappa shape index (κ3) is 4.45. The van der Waals surface area contributed by atoms with Crippen molar-refractivity contribution in [3.8, 4) is 0 Å². The van der Waals surface area contributed by atoms with Crippen molar-refractivity contribution < 1.29 is 13.2 Å². The summed E-state index contributed by atoms with van der Waals surface area (Å²) in [5.74, 6) is 0. The smallest absolute Gasteiger partial charge is 0.309 e. The number of aromatic nitrogens is 4. The van der Waals surface area contributed by atoms with Gasteiger partial charge in [-0.25, -0.2) is 4.98 Å². The number of nitrogens with zero attached hydrogens (tertiary/aromatic N) is 4. The first-order valence-corrected chi connectivity index (χ1v) is 11.5. The molecule has 3 aromatic heterocycles. The first kappa shape index (κ1) is 21.8. The summed E-state index contributed by atoms with van der Waals surface area (Å²) >= 11 is 1.53. The van der Waals surface area contributed by atoms with Crippen molar-refractivity contribution in [3.05, 3.63) is 80.5 Å². The van der Waals surface area contributed by atoms with Gasteiger partial charge in [-0.1, -0.05) is 12.1 Å². The summed E-state index contributed by atoms with van der Waals surface area (Å²) in [5, 5.41) is 8.36. The van der Waals surface area contributed by atoms with E-state index in [-0.39, 0.29) is 12.1 Å². The maximum Gasteiger partial charge on any atom is 0.416 e. The number of alkyl halides is 3. The van der Waals surface area contributed by atoms with Crippen LogP contribution >= 0.6 is 11.3 Å². The lowest BCUT2D eigenvalue weighted by molar-refractivity contribution is -0.137. The SMILES string of the molecule is Cn1cc(CN[C@@H]2CCc3c(sc4ncn(Cc5cccc(C(F)(F)F)c5)c(=O)c34)C2)cn1. The third-order valence-corrected chi connectivity index (χ3v) is 7.16. The third-order valence-electron chi connectivity index (χ3n) is 6.00. The molecule has 0 radical (unpaired) electrons. The Morgan fingerprint density at radius 2 is 2.12 bits per heavy atom. The minimum absolute atomic E-state index is 0.0472. The van der Waals surface area contributed by atoms with Crippen LogP contribution < -0.4 is 10.9 Å². The first-order valence-electron chi connectivity index (χ1n) is 10.6. The Labute approximate surface area is 191 Å². The molecule has 5 rings (SSSR count). The van der Waals surface area contributed by atoms with Crippen LogP contribution in [0, 0.1) is 0 Å². The van der Waals surface area contributed by atoms with Crippen LogP contribution in [0.4, 0.5) is 13.2 Å². The average Bonchev–Trinajstić information content (AvgIpc) is 3.36. The van der Waals surface area contributed by atoms with E-state index in [0.29, 0.717) is 21.8 Å². The van der Waals surface area contributed by atoms with E-state index in [1.165, 1.54) is 28.3 Å². The largest absolute Gasteiger partial charge is 0.416 e. The Kier molecular flexibility index (Phi) is 5.57. The molecule has 1 atom stereocenters. The highest BCUT2D eigenvalue weighted by Gasteiger charge is 2.30. The van der Waals surface area contributed by atoms with Gasteiger partial charge in [-0.3, -0.25) is 14.0 Å². The van der Waals surface area contributed by atoms with Crippen molar-refractivity contribution in [2.24, 2.45) is 7.05 Å². The summed E-state index contributed by atoms with van der Waals surface area (Å²) in [7, 11) is 1.89. The fraction of sp³-hybridized carbons (Fsp3) is 0.348. The molecule has 0 spiro atoms. The lowest BCUT2D eigenvalue weighted by Gasteiger charge is -2.23. The molecule has 1 aromatic carbocycles. The summed E-state index contributed by atoms with van der Waals surface area (Å²) in [5.41, 5.74) is 1.65. The summed E-state index contributed by atoms with van der Waals surface area (Å²) in [6, 6.07) is 5.37. The Hall–Kier alpha value is -2.98. The van der Waals surface area contributed by atoms with E-state index in [1.807, 2.05) is 19.4 Å². The van der Waals surface area contributed by atoms with Crippen LogP contribution in [0.15, 0.2) is 47.8 Å². The molecule has 0 bridgehead atoms. The van der Waals surface area contributed by atoms with Crippen molar-refractivity contribution in [2.45, 2.75) is 44.6 Å². The molecule has 1 aliphatic rings.